The Balaban J connectivity index is 1.49. The summed E-state index contributed by atoms with van der Waals surface area (Å²) in [4.78, 5) is 14.9. The molecule has 30 heavy (non-hydrogen) atoms. The standard InChI is InChI=1S/C23H31N3O3S/c1-18-12-16-26(17-13-18)15-5-14-24-23(27)20-8-10-21(11-9-20)30(28,29)25-22-7-4-3-6-19(22)2/h3-4,6-11,18,25H,5,12-17H2,1-2H3,(H,24,27). The van der Waals surface area contributed by atoms with Gasteiger partial charge in [0, 0.05) is 12.1 Å². The molecule has 2 aromatic carbocycles. The first-order valence-electron chi connectivity index (χ1n) is 10.5. The summed E-state index contributed by atoms with van der Waals surface area (Å²) in [5.74, 6) is 0.637. The highest BCUT2D eigenvalue weighted by atomic mass is 32.2. The van der Waals surface area contributed by atoms with E-state index in [4.69, 9.17) is 0 Å². The van der Waals surface area contributed by atoms with Crippen molar-refractivity contribution in [3.63, 3.8) is 0 Å². The number of carbonyl (C=O) groups excluding carboxylic acids is 1. The maximum atomic E-state index is 12.6. The van der Waals surface area contributed by atoms with E-state index in [-0.39, 0.29) is 10.8 Å². The average molecular weight is 430 g/mol. The first-order valence-corrected chi connectivity index (χ1v) is 12.0. The van der Waals surface area contributed by atoms with Gasteiger partial charge in [-0.05, 0) is 87.6 Å². The number of likely N-dealkylation sites (tertiary alicyclic amines) is 1. The van der Waals surface area contributed by atoms with E-state index < -0.39 is 10.0 Å². The minimum Gasteiger partial charge on any atom is -0.352 e. The van der Waals surface area contributed by atoms with Crippen molar-refractivity contribution in [1.82, 2.24) is 10.2 Å². The van der Waals surface area contributed by atoms with Crippen molar-refractivity contribution in [3.8, 4) is 0 Å². The zero-order valence-corrected chi connectivity index (χ0v) is 18.5. The number of para-hydroxylation sites is 1. The fourth-order valence-electron chi connectivity index (χ4n) is 3.57. The smallest absolute Gasteiger partial charge is 0.261 e. The third kappa shape index (κ3) is 6.06. The molecule has 0 aromatic heterocycles. The first kappa shape index (κ1) is 22.3. The number of aryl methyl sites for hydroxylation is 1. The van der Waals surface area contributed by atoms with Crippen molar-refractivity contribution < 1.29 is 13.2 Å². The van der Waals surface area contributed by atoms with Crippen molar-refractivity contribution >= 4 is 21.6 Å². The van der Waals surface area contributed by atoms with E-state index in [1.54, 1.807) is 24.3 Å². The van der Waals surface area contributed by atoms with Crippen molar-refractivity contribution in [2.45, 2.75) is 38.0 Å². The number of benzene rings is 2. The van der Waals surface area contributed by atoms with E-state index in [0.717, 1.165) is 37.5 Å². The number of carbonyl (C=O) groups is 1. The predicted molar refractivity (Wildman–Crippen MR) is 120 cm³/mol. The van der Waals surface area contributed by atoms with Crippen LogP contribution in [0.2, 0.25) is 0 Å². The second kappa shape index (κ2) is 10.1. The summed E-state index contributed by atoms with van der Waals surface area (Å²) in [5, 5.41) is 2.92. The van der Waals surface area contributed by atoms with Crippen molar-refractivity contribution in [2.75, 3.05) is 30.9 Å². The lowest BCUT2D eigenvalue weighted by molar-refractivity contribution is 0.0950. The molecule has 1 aliphatic heterocycles. The molecule has 2 N–H and O–H groups in total. The number of anilines is 1. The Kier molecular flexibility index (Phi) is 7.50. The summed E-state index contributed by atoms with van der Waals surface area (Å²) in [5.41, 5.74) is 1.84. The second-order valence-corrected chi connectivity index (χ2v) is 9.76. The van der Waals surface area contributed by atoms with E-state index in [1.807, 2.05) is 19.1 Å². The molecule has 0 saturated carbocycles. The largest absolute Gasteiger partial charge is 0.352 e. The zero-order chi connectivity index (χ0) is 21.6. The van der Waals surface area contributed by atoms with Crippen LogP contribution in [0, 0.1) is 12.8 Å². The van der Waals surface area contributed by atoms with E-state index >= 15 is 0 Å². The minimum absolute atomic E-state index is 0.127. The highest BCUT2D eigenvalue weighted by Gasteiger charge is 2.17. The number of nitrogens with zero attached hydrogens (tertiary/aromatic N) is 1. The fraction of sp³-hybridized carbons (Fsp3) is 0.435. The summed E-state index contributed by atoms with van der Waals surface area (Å²) >= 11 is 0. The van der Waals surface area contributed by atoms with Gasteiger partial charge >= 0.3 is 0 Å². The first-order chi connectivity index (χ1) is 14.3. The van der Waals surface area contributed by atoms with Crippen LogP contribution in [0.25, 0.3) is 0 Å². The molecule has 1 saturated heterocycles. The van der Waals surface area contributed by atoms with Crippen LogP contribution in [0.1, 0.15) is 42.1 Å². The molecule has 1 aliphatic rings. The number of sulfonamides is 1. The second-order valence-electron chi connectivity index (χ2n) is 8.08. The van der Waals surface area contributed by atoms with E-state index in [1.165, 1.54) is 25.0 Å². The summed E-state index contributed by atoms with van der Waals surface area (Å²) in [6, 6.07) is 13.2. The van der Waals surface area contributed by atoms with Crippen LogP contribution in [-0.4, -0.2) is 45.4 Å². The van der Waals surface area contributed by atoms with Crippen LogP contribution in [-0.2, 0) is 10.0 Å². The van der Waals surface area contributed by atoms with Crippen LogP contribution >= 0.6 is 0 Å². The van der Waals surface area contributed by atoms with Crippen molar-refractivity contribution in [2.24, 2.45) is 5.92 Å². The van der Waals surface area contributed by atoms with Gasteiger partial charge in [-0.25, -0.2) is 8.42 Å². The highest BCUT2D eigenvalue weighted by molar-refractivity contribution is 7.92. The molecule has 2 aromatic rings. The van der Waals surface area contributed by atoms with Gasteiger partial charge in [0.05, 0.1) is 10.6 Å². The summed E-state index contributed by atoms with van der Waals surface area (Å²) in [7, 11) is -3.70. The average Bonchev–Trinajstić information content (AvgIpc) is 2.74. The number of piperidine rings is 1. The quantitative estimate of drug-likeness (QED) is 0.628. The molecule has 1 amide bonds. The topological polar surface area (TPSA) is 78.5 Å². The molecule has 0 bridgehead atoms. The molecule has 0 unspecified atom stereocenters. The van der Waals surface area contributed by atoms with Crippen LogP contribution in [0.3, 0.4) is 0 Å². The molecule has 0 spiro atoms. The van der Waals surface area contributed by atoms with Crippen LogP contribution in [0.4, 0.5) is 5.69 Å². The summed E-state index contributed by atoms with van der Waals surface area (Å²) < 4.78 is 27.8. The van der Waals surface area contributed by atoms with Gasteiger partial charge in [0.1, 0.15) is 0 Å². The van der Waals surface area contributed by atoms with Gasteiger partial charge in [0.25, 0.3) is 15.9 Å². The van der Waals surface area contributed by atoms with Gasteiger partial charge in [-0.3, -0.25) is 9.52 Å². The van der Waals surface area contributed by atoms with E-state index in [0.29, 0.717) is 17.8 Å². The fourth-order valence-corrected chi connectivity index (χ4v) is 4.70. The van der Waals surface area contributed by atoms with Crippen LogP contribution in [0.15, 0.2) is 53.4 Å². The zero-order valence-electron chi connectivity index (χ0n) is 17.7. The van der Waals surface area contributed by atoms with Gasteiger partial charge in [-0.2, -0.15) is 0 Å². The normalized spacial score (nSPS) is 15.7. The molecule has 1 heterocycles. The number of amides is 1. The van der Waals surface area contributed by atoms with Gasteiger partial charge < -0.3 is 10.2 Å². The lowest BCUT2D eigenvalue weighted by atomic mass is 9.99. The number of hydrogen-bond donors (Lipinski definition) is 2. The Hall–Kier alpha value is -2.38. The molecule has 0 aliphatic carbocycles. The monoisotopic (exact) mass is 429 g/mol. The van der Waals surface area contributed by atoms with Crippen molar-refractivity contribution in [1.29, 1.82) is 0 Å². The van der Waals surface area contributed by atoms with Gasteiger partial charge in [0.15, 0.2) is 0 Å². The lowest BCUT2D eigenvalue weighted by Gasteiger charge is -2.30. The Morgan fingerprint density at radius 2 is 1.73 bits per heavy atom. The summed E-state index contributed by atoms with van der Waals surface area (Å²) in [6.07, 6.45) is 3.41. The van der Waals surface area contributed by atoms with Gasteiger partial charge in [-0.1, -0.05) is 25.1 Å². The third-order valence-electron chi connectivity index (χ3n) is 5.63. The van der Waals surface area contributed by atoms with Gasteiger partial charge in [-0.15, -0.1) is 0 Å². The maximum Gasteiger partial charge on any atom is 0.261 e. The van der Waals surface area contributed by atoms with E-state index in [2.05, 4.69) is 21.9 Å². The molecule has 3 rings (SSSR count). The minimum atomic E-state index is -3.70. The third-order valence-corrected chi connectivity index (χ3v) is 7.01. The molecule has 0 radical (unpaired) electrons. The Morgan fingerprint density at radius 3 is 2.40 bits per heavy atom. The Labute approximate surface area is 179 Å². The highest BCUT2D eigenvalue weighted by Crippen LogP contribution is 2.20. The maximum absolute atomic E-state index is 12.6. The molecule has 6 nitrogen and oxygen atoms in total. The van der Waals surface area contributed by atoms with Gasteiger partial charge in [0.2, 0.25) is 0 Å². The number of rotatable bonds is 8. The van der Waals surface area contributed by atoms with E-state index in [9.17, 15) is 13.2 Å². The number of nitrogens with one attached hydrogen (secondary N) is 2. The molecular weight excluding hydrogens is 398 g/mol. The molecular formula is C23H31N3O3S. The lowest BCUT2D eigenvalue weighted by Crippen LogP contribution is -2.35. The van der Waals surface area contributed by atoms with Crippen LogP contribution in [0.5, 0.6) is 0 Å². The Bertz CT molecular complexity index is 950. The number of hydrogen-bond acceptors (Lipinski definition) is 4. The van der Waals surface area contributed by atoms with Crippen LogP contribution < -0.4 is 10.0 Å². The Morgan fingerprint density at radius 1 is 1.07 bits per heavy atom. The molecule has 0 atom stereocenters. The predicted octanol–water partition coefficient (Wildman–Crippen LogP) is 3.65. The molecule has 162 valence electrons. The SMILES string of the molecule is Cc1ccccc1NS(=O)(=O)c1ccc(C(=O)NCCCN2CCC(C)CC2)cc1. The molecule has 1 fully saturated rings. The summed E-state index contributed by atoms with van der Waals surface area (Å²) in [6.45, 7) is 8.03. The molecule has 7 heteroatoms. The van der Waals surface area contributed by atoms with Crippen molar-refractivity contribution in [3.05, 3.63) is 59.7 Å².